The van der Waals surface area contributed by atoms with E-state index in [1.807, 2.05) is 19.1 Å². The highest BCUT2D eigenvalue weighted by molar-refractivity contribution is 9.13. The standard InChI is InChI=1S/C10H10Br2O2/c1-6-2-3-7(11)9(12)8(6)10(4-13)5-14-10/h2-3,13H,4-5H2,1H3/t10-/m0/s1. The summed E-state index contributed by atoms with van der Waals surface area (Å²) in [6, 6.07) is 4.00. The molecule has 1 heterocycles. The fraction of sp³-hybridized carbons (Fsp3) is 0.400. The van der Waals surface area contributed by atoms with Gasteiger partial charge in [-0.1, -0.05) is 6.07 Å². The van der Waals surface area contributed by atoms with Crippen molar-refractivity contribution in [2.75, 3.05) is 13.2 Å². The van der Waals surface area contributed by atoms with Crippen molar-refractivity contribution >= 4 is 31.9 Å². The second-order valence-corrected chi connectivity index (χ2v) is 5.14. The van der Waals surface area contributed by atoms with Crippen LogP contribution in [0.1, 0.15) is 11.1 Å². The quantitative estimate of drug-likeness (QED) is 0.850. The van der Waals surface area contributed by atoms with E-state index in [-0.39, 0.29) is 6.61 Å². The average molecular weight is 322 g/mol. The van der Waals surface area contributed by atoms with Crippen LogP contribution in [0.2, 0.25) is 0 Å². The molecule has 0 amide bonds. The number of hydrogen-bond acceptors (Lipinski definition) is 2. The van der Waals surface area contributed by atoms with Gasteiger partial charge < -0.3 is 9.84 Å². The van der Waals surface area contributed by atoms with Crippen LogP contribution in [0.15, 0.2) is 21.1 Å². The molecule has 1 fully saturated rings. The van der Waals surface area contributed by atoms with E-state index in [2.05, 4.69) is 31.9 Å². The number of benzene rings is 1. The number of hydrogen-bond donors (Lipinski definition) is 1. The van der Waals surface area contributed by atoms with Crippen LogP contribution in [-0.2, 0) is 10.3 Å². The van der Waals surface area contributed by atoms with Crippen molar-refractivity contribution in [3.05, 3.63) is 32.2 Å². The Labute approximate surface area is 99.5 Å². The van der Waals surface area contributed by atoms with Crippen LogP contribution in [-0.4, -0.2) is 18.3 Å². The number of aliphatic hydroxyl groups excluding tert-OH is 1. The Balaban J connectivity index is 2.57. The zero-order chi connectivity index (χ0) is 10.3. The van der Waals surface area contributed by atoms with E-state index in [0.29, 0.717) is 6.61 Å². The minimum absolute atomic E-state index is 0.0306. The van der Waals surface area contributed by atoms with Crippen LogP contribution in [0.25, 0.3) is 0 Å². The van der Waals surface area contributed by atoms with Crippen LogP contribution in [0.5, 0.6) is 0 Å². The number of halogens is 2. The van der Waals surface area contributed by atoms with Gasteiger partial charge in [0.05, 0.1) is 13.2 Å². The van der Waals surface area contributed by atoms with Crippen molar-refractivity contribution in [2.45, 2.75) is 12.5 Å². The maximum atomic E-state index is 9.29. The fourth-order valence-corrected chi connectivity index (χ4v) is 2.74. The average Bonchev–Trinajstić information content (AvgIpc) is 2.93. The molecular formula is C10H10Br2O2. The van der Waals surface area contributed by atoms with Gasteiger partial charge in [-0.3, -0.25) is 0 Å². The van der Waals surface area contributed by atoms with E-state index >= 15 is 0 Å². The van der Waals surface area contributed by atoms with Gasteiger partial charge in [0.25, 0.3) is 0 Å². The lowest BCUT2D eigenvalue weighted by Crippen LogP contribution is -2.16. The van der Waals surface area contributed by atoms with Gasteiger partial charge in [0.2, 0.25) is 0 Å². The summed E-state index contributed by atoms with van der Waals surface area (Å²) >= 11 is 6.96. The highest BCUT2D eigenvalue weighted by Crippen LogP contribution is 2.45. The molecule has 1 aliphatic rings. The molecule has 2 rings (SSSR count). The largest absolute Gasteiger partial charge is 0.393 e. The topological polar surface area (TPSA) is 32.8 Å². The normalized spacial score (nSPS) is 25.1. The van der Waals surface area contributed by atoms with Gasteiger partial charge in [-0.25, -0.2) is 0 Å². The molecule has 14 heavy (non-hydrogen) atoms. The minimum Gasteiger partial charge on any atom is -0.393 e. The molecule has 0 bridgehead atoms. The molecule has 76 valence electrons. The molecule has 2 nitrogen and oxygen atoms in total. The molecular weight excluding hydrogens is 312 g/mol. The molecule has 4 heteroatoms. The third kappa shape index (κ3) is 1.54. The lowest BCUT2D eigenvalue weighted by atomic mass is 9.96. The van der Waals surface area contributed by atoms with E-state index in [1.165, 1.54) is 0 Å². The van der Waals surface area contributed by atoms with Gasteiger partial charge >= 0.3 is 0 Å². The van der Waals surface area contributed by atoms with Crippen molar-refractivity contribution in [1.82, 2.24) is 0 Å². The fourth-order valence-electron chi connectivity index (χ4n) is 1.61. The minimum atomic E-state index is -0.466. The van der Waals surface area contributed by atoms with Gasteiger partial charge in [0.15, 0.2) is 0 Å². The molecule has 0 spiro atoms. The van der Waals surface area contributed by atoms with Crippen LogP contribution < -0.4 is 0 Å². The second-order valence-electron chi connectivity index (χ2n) is 3.49. The van der Waals surface area contributed by atoms with Crippen LogP contribution in [0, 0.1) is 6.92 Å². The maximum absolute atomic E-state index is 9.29. The van der Waals surface area contributed by atoms with Crippen LogP contribution in [0.3, 0.4) is 0 Å². The second kappa shape index (κ2) is 3.59. The molecule has 1 N–H and O–H groups in total. The van der Waals surface area contributed by atoms with Crippen LogP contribution >= 0.6 is 31.9 Å². The van der Waals surface area contributed by atoms with Crippen LogP contribution in [0.4, 0.5) is 0 Å². The third-order valence-electron chi connectivity index (χ3n) is 2.51. The number of rotatable bonds is 2. The van der Waals surface area contributed by atoms with E-state index in [0.717, 1.165) is 20.1 Å². The highest BCUT2D eigenvalue weighted by Gasteiger charge is 2.48. The lowest BCUT2D eigenvalue weighted by Gasteiger charge is -2.15. The first-order valence-corrected chi connectivity index (χ1v) is 5.89. The summed E-state index contributed by atoms with van der Waals surface area (Å²) in [5.74, 6) is 0. The van der Waals surface area contributed by atoms with Gasteiger partial charge in [0.1, 0.15) is 5.60 Å². The monoisotopic (exact) mass is 320 g/mol. The first kappa shape index (κ1) is 10.6. The molecule has 0 aliphatic carbocycles. The smallest absolute Gasteiger partial charge is 0.141 e. The van der Waals surface area contributed by atoms with Crippen molar-refractivity contribution in [2.24, 2.45) is 0 Å². The Kier molecular flexibility index (Phi) is 2.72. The van der Waals surface area contributed by atoms with Gasteiger partial charge in [-0.2, -0.15) is 0 Å². The van der Waals surface area contributed by atoms with E-state index in [9.17, 15) is 5.11 Å². The van der Waals surface area contributed by atoms with Gasteiger partial charge in [-0.05, 0) is 50.4 Å². The molecule has 1 aliphatic heterocycles. The van der Waals surface area contributed by atoms with E-state index in [1.54, 1.807) is 0 Å². The SMILES string of the molecule is Cc1ccc(Br)c(Br)c1[C@]1(CO)CO1. The molecule has 1 aromatic carbocycles. The van der Waals surface area contributed by atoms with Crippen molar-refractivity contribution in [3.8, 4) is 0 Å². The van der Waals surface area contributed by atoms with E-state index < -0.39 is 5.60 Å². The number of ether oxygens (including phenoxy) is 1. The molecule has 0 aromatic heterocycles. The summed E-state index contributed by atoms with van der Waals surface area (Å²) < 4.78 is 7.31. The number of aliphatic hydroxyl groups is 1. The lowest BCUT2D eigenvalue weighted by molar-refractivity contribution is 0.171. The molecule has 1 saturated heterocycles. The van der Waals surface area contributed by atoms with Gasteiger partial charge in [0, 0.05) is 14.5 Å². The Hall–Kier alpha value is 0.1000. The molecule has 0 unspecified atom stereocenters. The summed E-state index contributed by atoms with van der Waals surface area (Å²) in [6.45, 7) is 2.65. The third-order valence-corrected chi connectivity index (χ3v) is 4.52. The maximum Gasteiger partial charge on any atom is 0.141 e. The Bertz CT molecular complexity index is 373. The Morgan fingerprint density at radius 2 is 2.14 bits per heavy atom. The predicted octanol–water partition coefficient (Wildman–Crippen LogP) is 2.74. The summed E-state index contributed by atoms with van der Waals surface area (Å²) in [6.07, 6.45) is 0. The molecule has 1 aromatic rings. The summed E-state index contributed by atoms with van der Waals surface area (Å²) in [5, 5.41) is 9.29. The first-order valence-electron chi connectivity index (χ1n) is 4.30. The molecule has 1 atom stereocenters. The predicted molar refractivity (Wildman–Crippen MR) is 61.3 cm³/mol. The van der Waals surface area contributed by atoms with Crippen molar-refractivity contribution in [3.63, 3.8) is 0 Å². The first-order chi connectivity index (χ1) is 6.60. The summed E-state index contributed by atoms with van der Waals surface area (Å²) in [5.41, 5.74) is 1.72. The van der Waals surface area contributed by atoms with Crippen molar-refractivity contribution in [1.29, 1.82) is 0 Å². The number of aryl methyl sites for hydroxylation is 1. The molecule has 0 saturated carbocycles. The summed E-state index contributed by atoms with van der Waals surface area (Å²) in [4.78, 5) is 0. The summed E-state index contributed by atoms with van der Waals surface area (Å²) in [7, 11) is 0. The zero-order valence-corrected chi connectivity index (χ0v) is 10.9. The Morgan fingerprint density at radius 3 is 2.64 bits per heavy atom. The highest BCUT2D eigenvalue weighted by atomic mass is 79.9. The van der Waals surface area contributed by atoms with Gasteiger partial charge in [-0.15, -0.1) is 0 Å². The zero-order valence-electron chi connectivity index (χ0n) is 7.68. The van der Waals surface area contributed by atoms with Crippen molar-refractivity contribution < 1.29 is 9.84 Å². The Morgan fingerprint density at radius 1 is 1.50 bits per heavy atom. The van der Waals surface area contributed by atoms with E-state index in [4.69, 9.17) is 4.74 Å². The molecule has 0 radical (unpaired) electrons. The number of epoxide rings is 1.